The van der Waals surface area contributed by atoms with Crippen LogP contribution in [0, 0.1) is 23.3 Å². The zero-order chi connectivity index (χ0) is 28.9. The number of halogens is 7. The Bertz CT molecular complexity index is 1460. The molecule has 0 aliphatic carbocycles. The van der Waals surface area contributed by atoms with Gasteiger partial charge in [-0.15, -0.1) is 0 Å². The third-order valence-corrected chi connectivity index (χ3v) is 6.42. The molecule has 0 aromatic heterocycles. The van der Waals surface area contributed by atoms with Crippen LogP contribution in [-0.4, -0.2) is 19.4 Å². The third-order valence-electron chi connectivity index (χ3n) is 6.42. The molecule has 4 rings (SSSR count). The van der Waals surface area contributed by atoms with Crippen molar-refractivity contribution in [3.05, 3.63) is 95.1 Å². The van der Waals surface area contributed by atoms with Gasteiger partial charge in [-0.2, -0.15) is 13.2 Å². The van der Waals surface area contributed by atoms with Gasteiger partial charge in [-0.25, -0.2) is 17.6 Å². The molecule has 0 heterocycles. The summed E-state index contributed by atoms with van der Waals surface area (Å²) in [6.45, 7) is 0.770. The van der Waals surface area contributed by atoms with Crippen molar-refractivity contribution < 1.29 is 40.2 Å². The molecule has 0 saturated carbocycles. The number of rotatable bonds is 11. The Hall–Kier alpha value is -3.75. The van der Waals surface area contributed by atoms with E-state index in [4.69, 9.17) is 4.74 Å². The number of benzene rings is 4. The summed E-state index contributed by atoms with van der Waals surface area (Å²) < 4.78 is 105. The maximum Gasteiger partial charge on any atom is 0.422 e. The Balaban J connectivity index is 1.47. The molecule has 212 valence electrons. The normalized spacial score (nSPS) is 11.7. The van der Waals surface area contributed by atoms with Crippen molar-refractivity contribution >= 4 is 10.8 Å². The van der Waals surface area contributed by atoms with Gasteiger partial charge in [-0.1, -0.05) is 44.0 Å². The predicted molar refractivity (Wildman–Crippen MR) is 140 cm³/mol. The van der Waals surface area contributed by atoms with Crippen LogP contribution < -0.4 is 9.47 Å². The van der Waals surface area contributed by atoms with Crippen molar-refractivity contribution in [1.82, 2.24) is 0 Å². The molecule has 0 N–H and O–H groups in total. The molecular weight excluding hydrogens is 537 g/mol. The highest BCUT2D eigenvalue weighted by molar-refractivity contribution is 5.88. The topological polar surface area (TPSA) is 18.5 Å². The van der Waals surface area contributed by atoms with E-state index in [1.54, 1.807) is 42.5 Å². The van der Waals surface area contributed by atoms with Gasteiger partial charge in [-0.05, 0) is 71.7 Å². The number of fused-ring (bicyclic) bond motifs is 1. The second-order valence-electron chi connectivity index (χ2n) is 9.46. The lowest BCUT2D eigenvalue weighted by atomic mass is 9.97. The Morgan fingerprint density at radius 3 is 2.15 bits per heavy atom. The highest BCUT2D eigenvalue weighted by Crippen LogP contribution is 2.32. The lowest BCUT2D eigenvalue weighted by molar-refractivity contribution is -0.154. The fourth-order valence-electron chi connectivity index (χ4n) is 4.39. The average molecular weight is 565 g/mol. The predicted octanol–water partition coefficient (Wildman–Crippen LogP) is 9.36. The minimum atomic E-state index is -4.74. The van der Waals surface area contributed by atoms with Gasteiger partial charge in [0.2, 0.25) is 0 Å². The van der Waals surface area contributed by atoms with Crippen LogP contribution in [0.25, 0.3) is 21.9 Å². The largest absolute Gasteiger partial charge is 0.493 e. The third kappa shape index (κ3) is 7.25. The average Bonchev–Trinajstić information content (AvgIpc) is 2.89. The van der Waals surface area contributed by atoms with Crippen LogP contribution in [-0.2, 0) is 12.8 Å². The van der Waals surface area contributed by atoms with E-state index in [2.05, 4.69) is 11.7 Å². The Kier molecular flexibility index (Phi) is 9.22. The highest BCUT2D eigenvalue weighted by Gasteiger charge is 2.30. The van der Waals surface area contributed by atoms with E-state index in [9.17, 15) is 26.3 Å². The van der Waals surface area contributed by atoms with Crippen LogP contribution in [0.15, 0.2) is 60.7 Å². The van der Waals surface area contributed by atoms with Gasteiger partial charge >= 0.3 is 6.18 Å². The zero-order valence-corrected chi connectivity index (χ0v) is 21.7. The molecule has 2 nitrogen and oxygen atoms in total. The van der Waals surface area contributed by atoms with Crippen LogP contribution in [0.2, 0.25) is 0 Å². The number of alkyl halides is 3. The first-order chi connectivity index (χ1) is 19.1. The molecule has 0 unspecified atom stereocenters. The van der Waals surface area contributed by atoms with Crippen LogP contribution in [0.1, 0.15) is 37.3 Å². The fraction of sp³-hybridized carbons (Fsp3) is 0.290. The first-order valence-corrected chi connectivity index (χ1v) is 12.9. The summed E-state index contributed by atoms with van der Waals surface area (Å²) in [5.74, 6) is -4.19. The maximum absolute atomic E-state index is 15.3. The molecule has 0 aliphatic heterocycles. The summed E-state index contributed by atoms with van der Waals surface area (Å²) in [7, 11) is 0. The zero-order valence-electron chi connectivity index (χ0n) is 21.7. The van der Waals surface area contributed by atoms with Crippen LogP contribution in [0.4, 0.5) is 30.7 Å². The number of unbranched alkanes of at least 4 members (excludes halogenated alkanes) is 2. The van der Waals surface area contributed by atoms with Gasteiger partial charge in [0, 0.05) is 17.0 Å². The minimum absolute atomic E-state index is 0.0337. The number of aryl methyl sites for hydroxylation is 2. The van der Waals surface area contributed by atoms with Gasteiger partial charge in [0.1, 0.15) is 17.4 Å². The molecule has 0 atom stereocenters. The first-order valence-electron chi connectivity index (χ1n) is 12.9. The molecule has 0 aliphatic rings. The standard InChI is InChI=1S/C31H27F7O2/c1-2-3-4-13-39-23-10-12-24(26(32)17-23)21-9-11-25-22(16-21)8-7-20(29(25)35)6-5-19-14-27(33)30(28(34)15-19)40-18-31(36,37)38/h7-12,14-17H,2-6,13,18H2,1H3. The fourth-order valence-corrected chi connectivity index (χ4v) is 4.39. The molecule has 40 heavy (non-hydrogen) atoms. The molecular formula is C31H27F7O2. The molecule has 0 amide bonds. The summed E-state index contributed by atoms with van der Waals surface area (Å²) in [6.07, 6.45) is -1.65. The summed E-state index contributed by atoms with van der Waals surface area (Å²) in [4.78, 5) is 0. The summed E-state index contributed by atoms with van der Waals surface area (Å²) in [6, 6.07) is 14.4. The van der Waals surface area contributed by atoms with E-state index < -0.39 is 41.8 Å². The minimum Gasteiger partial charge on any atom is -0.493 e. The van der Waals surface area contributed by atoms with E-state index in [1.807, 2.05) is 0 Å². The lowest BCUT2D eigenvalue weighted by Crippen LogP contribution is -2.20. The quantitative estimate of drug-likeness (QED) is 0.134. The van der Waals surface area contributed by atoms with Crippen molar-refractivity contribution in [3.8, 4) is 22.6 Å². The second-order valence-corrected chi connectivity index (χ2v) is 9.46. The van der Waals surface area contributed by atoms with Crippen molar-refractivity contribution in [3.63, 3.8) is 0 Å². The van der Waals surface area contributed by atoms with Crippen LogP contribution >= 0.6 is 0 Å². The van der Waals surface area contributed by atoms with Crippen molar-refractivity contribution in [2.24, 2.45) is 0 Å². The van der Waals surface area contributed by atoms with Gasteiger partial charge < -0.3 is 9.47 Å². The first kappa shape index (κ1) is 29.2. The van der Waals surface area contributed by atoms with Crippen molar-refractivity contribution in [1.29, 1.82) is 0 Å². The van der Waals surface area contributed by atoms with E-state index in [0.717, 1.165) is 31.4 Å². The number of ether oxygens (including phenoxy) is 2. The molecule has 0 saturated heterocycles. The summed E-state index contributed by atoms with van der Waals surface area (Å²) in [5.41, 5.74) is 1.33. The van der Waals surface area contributed by atoms with E-state index in [-0.39, 0.29) is 24.0 Å². The molecule has 4 aromatic carbocycles. The number of hydrogen-bond acceptors (Lipinski definition) is 2. The lowest BCUT2D eigenvalue weighted by Gasteiger charge is -2.12. The monoisotopic (exact) mass is 564 g/mol. The molecule has 0 bridgehead atoms. The van der Waals surface area contributed by atoms with Crippen molar-refractivity contribution in [2.75, 3.05) is 13.2 Å². The Labute approximate surface area is 227 Å². The molecule has 0 fully saturated rings. The summed E-state index contributed by atoms with van der Waals surface area (Å²) >= 11 is 0. The van der Waals surface area contributed by atoms with Gasteiger partial charge in [0.15, 0.2) is 24.0 Å². The van der Waals surface area contributed by atoms with E-state index >= 15 is 4.39 Å². The molecule has 0 spiro atoms. The number of hydrogen-bond donors (Lipinski definition) is 0. The smallest absolute Gasteiger partial charge is 0.422 e. The Morgan fingerprint density at radius 1 is 0.725 bits per heavy atom. The van der Waals surface area contributed by atoms with Crippen molar-refractivity contribution in [2.45, 2.75) is 45.2 Å². The second kappa shape index (κ2) is 12.6. The Morgan fingerprint density at radius 2 is 1.48 bits per heavy atom. The van der Waals surface area contributed by atoms with Gasteiger partial charge in [0.25, 0.3) is 0 Å². The molecule has 4 aromatic rings. The van der Waals surface area contributed by atoms with E-state index in [1.165, 1.54) is 6.07 Å². The maximum atomic E-state index is 15.3. The van der Waals surface area contributed by atoms with Crippen LogP contribution in [0.3, 0.4) is 0 Å². The SMILES string of the molecule is CCCCCOc1ccc(-c2ccc3c(F)c(CCc4cc(F)c(OCC(F)(F)F)c(F)c4)ccc3c2)c(F)c1. The molecule has 0 radical (unpaired) electrons. The summed E-state index contributed by atoms with van der Waals surface area (Å²) in [5, 5.41) is 0.840. The van der Waals surface area contributed by atoms with E-state index in [0.29, 0.717) is 34.3 Å². The van der Waals surface area contributed by atoms with Gasteiger partial charge in [-0.3, -0.25) is 0 Å². The van der Waals surface area contributed by atoms with Crippen LogP contribution in [0.5, 0.6) is 11.5 Å². The van der Waals surface area contributed by atoms with Gasteiger partial charge in [0.05, 0.1) is 6.61 Å². The molecule has 9 heteroatoms. The highest BCUT2D eigenvalue weighted by atomic mass is 19.4.